The van der Waals surface area contributed by atoms with Crippen molar-refractivity contribution in [3.8, 4) is 0 Å². The summed E-state index contributed by atoms with van der Waals surface area (Å²) in [5.74, 6) is 0. The Morgan fingerprint density at radius 2 is 1.16 bits per heavy atom. The third-order valence-electron chi connectivity index (χ3n) is 4.43. The lowest BCUT2D eigenvalue weighted by Crippen LogP contribution is -2.25. The van der Waals surface area contributed by atoms with Gasteiger partial charge in [0.05, 0.1) is 0 Å². The molecule has 2 aromatic carbocycles. The molecule has 1 aliphatic carbocycles. The normalized spacial score (nSPS) is 14.9. The van der Waals surface area contributed by atoms with E-state index < -0.39 is 7.92 Å². The summed E-state index contributed by atoms with van der Waals surface area (Å²) in [5.41, 5.74) is 2.66. The predicted molar refractivity (Wildman–Crippen MR) is 119 cm³/mol. The molecular weight excluding hydrogens is 363 g/mol. The van der Waals surface area contributed by atoms with E-state index in [0.717, 1.165) is 20.8 Å². The first-order valence-corrected chi connectivity index (χ1v) is 11.0. The number of nitrogens with one attached hydrogen (secondary N) is 2. The Bertz CT molecular complexity index is 647. The fraction of sp³-hybridized carbons (Fsp3) is 0.300. The maximum atomic E-state index is 5.82. The average molecular weight is 387 g/mol. The quantitative estimate of drug-likeness (QED) is 0.447. The lowest BCUT2D eigenvalue weighted by atomic mass is 10.0. The van der Waals surface area contributed by atoms with Crippen molar-refractivity contribution in [2.45, 2.75) is 37.8 Å². The molecule has 1 fully saturated rings. The van der Waals surface area contributed by atoms with Crippen LogP contribution in [-0.4, -0.2) is 15.1 Å². The van der Waals surface area contributed by atoms with Gasteiger partial charge in [-0.3, -0.25) is 0 Å². The highest BCUT2D eigenvalue weighted by molar-refractivity contribution is 8.13. The standard InChI is InChI=1S/C20H23N2PS2/c24-19(21-16-10-4-1-5-11-16)23(18-14-8-3-9-15-18)20(25)22-17-12-6-2-7-13-17/h1-2,4-7,10-13,18H,3,8-9,14-15H2,(H,21,24)(H,22,25). The van der Waals surface area contributed by atoms with Gasteiger partial charge in [-0.1, -0.05) is 80.1 Å². The number of hydrogen-bond acceptors (Lipinski definition) is 2. The molecule has 0 radical (unpaired) electrons. The minimum atomic E-state index is -0.708. The molecule has 130 valence electrons. The summed E-state index contributed by atoms with van der Waals surface area (Å²) < 4.78 is 1.78. The van der Waals surface area contributed by atoms with Gasteiger partial charge in [0, 0.05) is 19.3 Å². The third-order valence-corrected chi connectivity index (χ3v) is 8.16. The van der Waals surface area contributed by atoms with E-state index in [2.05, 4.69) is 10.6 Å². The van der Waals surface area contributed by atoms with Crippen LogP contribution in [0.1, 0.15) is 32.1 Å². The highest BCUT2D eigenvalue weighted by atomic mass is 32.1. The van der Waals surface area contributed by atoms with Crippen LogP contribution in [0, 0.1) is 0 Å². The van der Waals surface area contributed by atoms with E-state index in [9.17, 15) is 0 Å². The number of hydrogen-bond donors (Lipinski definition) is 2. The van der Waals surface area contributed by atoms with E-state index >= 15 is 0 Å². The lowest BCUT2D eigenvalue weighted by molar-refractivity contribution is 0.514. The first-order chi connectivity index (χ1) is 12.2. The van der Waals surface area contributed by atoms with E-state index in [1.165, 1.54) is 32.1 Å². The molecule has 0 aromatic heterocycles. The summed E-state index contributed by atoms with van der Waals surface area (Å²) in [6, 6.07) is 20.3. The zero-order chi connectivity index (χ0) is 17.5. The SMILES string of the molecule is S=C(Nc1ccccc1)P(C(=S)Nc1ccccc1)C1CCCCC1. The monoisotopic (exact) mass is 386 g/mol. The highest BCUT2D eigenvalue weighted by Gasteiger charge is 2.30. The van der Waals surface area contributed by atoms with E-state index in [-0.39, 0.29) is 0 Å². The van der Waals surface area contributed by atoms with Gasteiger partial charge in [0.15, 0.2) is 0 Å². The summed E-state index contributed by atoms with van der Waals surface area (Å²) >= 11 is 11.6. The van der Waals surface area contributed by atoms with Crippen LogP contribution in [0.25, 0.3) is 0 Å². The summed E-state index contributed by atoms with van der Waals surface area (Å²) in [6.07, 6.45) is 6.34. The molecule has 0 spiro atoms. The Balaban J connectivity index is 1.76. The summed E-state index contributed by atoms with van der Waals surface area (Å²) in [6.45, 7) is 0. The Labute approximate surface area is 162 Å². The van der Waals surface area contributed by atoms with Gasteiger partial charge in [0.25, 0.3) is 0 Å². The van der Waals surface area contributed by atoms with E-state index in [1.807, 2.05) is 60.7 Å². The molecule has 2 aromatic rings. The average Bonchev–Trinajstić information content (AvgIpc) is 2.64. The van der Waals surface area contributed by atoms with Crippen LogP contribution in [0.15, 0.2) is 60.7 Å². The fourth-order valence-electron chi connectivity index (χ4n) is 3.17. The van der Waals surface area contributed by atoms with Crippen molar-refractivity contribution in [1.82, 2.24) is 0 Å². The minimum absolute atomic E-state index is 0.580. The van der Waals surface area contributed by atoms with E-state index in [1.54, 1.807) is 0 Å². The molecule has 1 saturated carbocycles. The van der Waals surface area contributed by atoms with Crippen LogP contribution < -0.4 is 10.6 Å². The molecule has 0 bridgehead atoms. The summed E-state index contributed by atoms with van der Waals surface area (Å²) in [4.78, 5) is 0. The van der Waals surface area contributed by atoms with E-state index in [0.29, 0.717) is 5.66 Å². The van der Waals surface area contributed by atoms with Gasteiger partial charge >= 0.3 is 0 Å². The fourth-order valence-corrected chi connectivity index (χ4v) is 7.25. The van der Waals surface area contributed by atoms with Crippen molar-refractivity contribution in [2.24, 2.45) is 0 Å². The van der Waals surface area contributed by atoms with Crippen molar-refractivity contribution < 1.29 is 0 Å². The van der Waals surface area contributed by atoms with Gasteiger partial charge in [-0.2, -0.15) is 0 Å². The molecular formula is C20H23N2PS2. The molecule has 1 aliphatic rings. The molecule has 5 heteroatoms. The predicted octanol–water partition coefficient (Wildman–Crippen LogP) is 6.60. The smallest absolute Gasteiger partial charge is 0.110 e. The molecule has 0 amide bonds. The topological polar surface area (TPSA) is 24.1 Å². The minimum Gasteiger partial charge on any atom is -0.346 e. The highest BCUT2D eigenvalue weighted by Crippen LogP contribution is 2.50. The van der Waals surface area contributed by atoms with Crippen molar-refractivity contribution in [3.05, 3.63) is 60.7 Å². The number of anilines is 2. The zero-order valence-corrected chi connectivity index (χ0v) is 16.7. The van der Waals surface area contributed by atoms with E-state index in [4.69, 9.17) is 24.4 Å². The molecule has 0 saturated heterocycles. The second kappa shape index (κ2) is 9.38. The summed E-state index contributed by atoms with van der Waals surface area (Å²) in [5, 5.41) is 6.88. The second-order valence-corrected chi connectivity index (χ2v) is 10.0. The molecule has 3 rings (SSSR count). The molecule has 0 aliphatic heterocycles. The van der Waals surface area contributed by atoms with Crippen LogP contribution in [0.2, 0.25) is 0 Å². The van der Waals surface area contributed by atoms with Crippen molar-refractivity contribution in [1.29, 1.82) is 0 Å². The first kappa shape index (κ1) is 18.4. The maximum absolute atomic E-state index is 5.82. The van der Waals surface area contributed by atoms with Gasteiger partial charge in [0.2, 0.25) is 0 Å². The van der Waals surface area contributed by atoms with Crippen molar-refractivity contribution in [3.63, 3.8) is 0 Å². The molecule has 2 nitrogen and oxygen atoms in total. The Morgan fingerprint density at radius 3 is 1.60 bits per heavy atom. The molecule has 25 heavy (non-hydrogen) atoms. The molecule has 0 atom stereocenters. The maximum Gasteiger partial charge on any atom is 0.110 e. The number of thiocarbonyl (C=S) groups is 2. The number of para-hydroxylation sites is 2. The molecule has 2 N–H and O–H groups in total. The van der Waals surface area contributed by atoms with Gasteiger partial charge < -0.3 is 10.6 Å². The van der Waals surface area contributed by atoms with Crippen LogP contribution in [0.5, 0.6) is 0 Å². The number of rotatable bonds is 5. The third kappa shape index (κ3) is 5.31. The Morgan fingerprint density at radius 1 is 0.720 bits per heavy atom. The summed E-state index contributed by atoms with van der Waals surface area (Å²) in [7, 11) is -0.708. The first-order valence-electron chi connectivity index (χ1n) is 8.75. The van der Waals surface area contributed by atoms with Gasteiger partial charge in [-0.25, -0.2) is 0 Å². The zero-order valence-electron chi connectivity index (χ0n) is 14.2. The van der Waals surface area contributed by atoms with Crippen molar-refractivity contribution in [2.75, 3.05) is 10.6 Å². The van der Waals surface area contributed by atoms with Crippen LogP contribution in [0.3, 0.4) is 0 Å². The molecule has 0 unspecified atom stereocenters. The van der Waals surface area contributed by atoms with Gasteiger partial charge in [0.1, 0.15) is 9.46 Å². The van der Waals surface area contributed by atoms with Crippen LogP contribution in [0.4, 0.5) is 11.4 Å². The van der Waals surface area contributed by atoms with Gasteiger partial charge in [-0.05, 0) is 42.8 Å². The number of benzene rings is 2. The van der Waals surface area contributed by atoms with Crippen LogP contribution in [-0.2, 0) is 0 Å². The Kier molecular flexibility index (Phi) is 6.92. The lowest BCUT2D eigenvalue weighted by Gasteiger charge is -2.32. The Hall–Kier alpha value is -1.35. The second-order valence-electron chi connectivity index (χ2n) is 6.25. The largest absolute Gasteiger partial charge is 0.346 e. The van der Waals surface area contributed by atoms with Crippen LogP contribution >= 0.6 is 32.4 Å². The molecule has 0 heterocycles. The van der Waals surface area contributed by atoms with Crippen molar-refractivity contribution >= 4 is 53.2 Å². The van der Waals surface area contributed by atoms with Gasteiger partial charge in [-0.15, -0.1) is 0 Å².